The van der Waals surface area contributed by atoms with Crippen molar-refractivity contribution in [1.82, 2.24) is 10.2 Å². The monoisotopic (exact) mass is 394 g/mol. The molecule has 1 unspecified atom stereocenters. The first-order valence-electron chi connectivity index (χ1n) is 7.39. The van der Waals surface area contributed by atoms with Crippen LogP contribution in [-0.2, 0) is 4.79 Å². The Morgan fingerprint density at radius 2 is 2.20 bits per heavy atom. The van der Waals surface area contributed by atoms with E-state index in [4.69, 9.17) is 5.73 Å². The number of guanidine groups is 1. The van der Waals surface area contributed by atoms with Gasteiger partial charge < -0.3 is 16.0 Å². The van der Waals surface area contributed by atoms with Crippen LogP contribution in [0.3, 0.4) is 0 Å². The van der Waals surface area contributed by atoms with Crippen LogP contribution in [0, 0.1) is 11.8 Å². The van der Waals surface area contributed by atoms with Crippen molar-refractivity contribution >= 4 is 35.8 Å². The minimum atomic E-state index is 0. The van der Waals surface area contributed by atoms with Crippen molar-refractivity contribution in [1.29, 1.82) is 0 Å². The lowest BCUT2D eigenvalue weighted by Crippen LogP contribution is -2.33. The van der Waals surface area contributed by atoms with Crippen LogP contribution < -0.4 is 11.1 Å². The summed E-state index contributed by atoms with van der Waals surface area (Å²) in [5.41, 5.74) is 5.82. The highest BCUT2D eigenvalue weighted by Crippen LogP contribution is 2.32. The molecule has 6 heteroatoms. The van der Waals surface area contributed by atoms with Crippen LogP contribution >= 0.6 is 24.0 Å². The summed E-state index contributed by atoms with van der Waals surface area (Å²) in [6.45, 7) is 6.77. The second kappa shape index (κ2) is 8.05. The summed E-state index contributed by atoms with van der Waals surface area (Å²) in [5.74, 6) is 1.82. The van der Waals surface area contributed by atoms with Gasteiger partial charge in [-0.15, -0.1) is 24.0 Å². The third-order valence-electron chi connectivity index (χ3n) is 3.77. The Morgan fingerprint density at radius 3 is 2.80 bits per heavy atom. The maximum atomic E-state index is 11.8. The van der Waals surface area contributed by atoms with E-state index in [1.54, 1.807) is 0 Å². The molecule has 2 rings (SSSR count). The molecule has 1 saturated carbocycles. The predicted molar refractivity (Wildman–Crippen MR) is 92.2 cm³/mol. The smallest absolute Gasteiger partial charge is 0.223 e. The van der Waals surface area contributed by atoms with E-state index in [-0.39, 0.29) is 24.0 Å². The lowest BCUT2D eigenvalue weighted by molar-refractivity contribution is -0.128. The molecule has 0 aromatic heterocycles. The number of rotatable bonds is 6. The van der Waals surface area contributed by atoms with Crippen LogP contribution in [0.1, 0.15) is 39.5 Å². The molecule has 1 atom stereocenters. The molecular formula is C14H27IN4O. The summed E-state index contributed by atoms with van der Waals surface area (Å²) in [5, 5.41) is 3.12. The van der Waals surface area contributed by atoms with Crippen molar-refractivity contribution in [2.75, 3.05) is 19.6 Å². The van der Waals surface area contributed by atoms with Gasteiger partial charge in [-0.05, 0) is 25.2 Å². The van der Waals surface area contributed by atoms with E-state index in [0.29, 0.717) is 42.7 Å². The minimum Gasteiger partial charge on any atom is -0.370 e. The first kappa shape index (κ1) is 17.5. The zero-order chi connectivity index (χ0) is 13.8. The molecule has 5 nitrogen and oxygen atoms in total. The fourth-order valence-electron chi connectivity index (χ4n) is 2.44. The van der Waals surface area contributed by atoms with E-state index in [1.165, 1.54) is 12.8 Å². The van der Waals surface area contributed by atoms with Crippen molar-refractivity contribution < 1.29 is 4.79 Å². The molecule has 0 spiro atoms. The molecule has 1 saturated heterocycles. The van der Waals surface area contributed by atoms with Gasteiger partial charge in [-0.1, -0.05) is 13.8 Å². The molecule has 0 radical (unpaired) electrons. The van der Waals surface area contributed by atoms with Crippen LogP contribution in [0.25, 0.3) is 0 Å². The standard InChI is InChI=1S/C14H26N4O.HI/c1-10(2)5-6-16-14(15)17-8-11-7-13(19)18(9-11)12-3-4-12;/h10-12H,3-9H2,1-2H3,(H3,15,16,17);1H. The van der Waals surface area contributed by atoms with Gasteiger partial charge in [0.05, 0.1) is 0 Å². The van der Waals surface area contributed by atoms with Gasteiger partial charge in [-0.3, -0.25) is 9.79 Å². The normalized spacial score (nSPS) is 23.1. The van der Waals surface area contributed by atoms with E-state index >= 15 is 0 Å². The van der Waals surface area contributed by atoms with Gasteiger partial charge in [0.1, 0.15) is 0 Å². The van der Waals surface area contributed by atoms with Crippen LogP contribution in [0.5, 0.6) is 0 Å². The van der Waals surface area contributed by atoms with Crippen molar-refractivity contribution in [3.8, 4) is 0 Å². The van der Waals surface area contributed by atoms with Gasteiger partial charge in [0, 0.05) is 38.0 Å². The summed E-state index contributed by atoms with van der Waals surface area (Å²) in [6, 6.07) is 0.531. The summed E-state index contributed by atoms with van der Waals surface area (Å²) in [4.78, 5) is 18.2. The van der Waals surface area contributed by atoms with Gasteiger partial charge >= 0.3 is 0 Å². The molecule has 0 aromatic rings. The second-order valence-corrected chi connectivity index (χ2v) is 6.18. The summed E-state index contributed by atoms with van der Waals surface area (Å²) >= 11 is 0. The second-order valence-electron chi connectivity index (χ2n) is 6.18. The molecule has 116 valence electrons. The first-order valence-corrected chi connectivity index (χ1v) is 7.39. The lowest BCUT2D eigenvalue weighted by atomic mass is 10.1. The van der Waals surface area contributed by atoms with Crippen molar-refractivity contribution in [2.24, 2.45) is 22.6 Å². The van der Waals surface area contributed by atoms with Gasteiger partial charge in [0.25, 0.3) is 0 Å². The number of likely N-dealkylation sites (tertiary alicyclic amines) is 1. The Kier molecular flexibility index (Phi) is 7.05. The van der Waals surface area contributed by atoms with E-state index < -0.39 is 0 Å². The van der Waals surface area contributed by atoms with Crippen LogP contribution in [0.15, 0.2) is 4.99 Å². The SMILES string of the molecule is CC(C)CCNC(N)=NCC1CC(=O)N(C2CC2)C1.I. The predicted octanol–water partition coefficient (Wildman–Crippen LogP) is 1.57. The summed E-state index contributed by atoms with van der Waals surface area (Å²) < 4.78 is 0. The van der Waals surface area contributed by atoms with Gasteiger partial charge in [-0.25, -0.2) is 0 Å². The number of carbonyl (C=O) groups excluding carboxylic acids is 1. The Balaban J connectivity index is 0.00000200. The number of hydrogen-bond acceptors (Lipinski definition) is 2. The molecule has 1 amide bonds. The molecule has 1 aliphatic carbocycles. The van der Waals surface area contributed by atoms with Gasteiger partial charge in [0.2, 0.25) is 5.91 Å². The molecular weight excluding hydrogens is 367 g/mol. The number of carbonyl (C=O) groups is 1. The first-order chi connectivity index (χ1) is 9.06. The average Bonchev–Trinajstić information content (AvgIpc) is 3.10. The highest BCUT2D eigenvalue weighted by Gasteiger charge is 2.38. The molecule has 2 aliphatic rings. The minimum absolute atomic E-state index is 0. The largest absolute Gasteiger partial charge is 0.370 e. The highest BCUT2D eigenvalue weighted by atomic mass is 127. The maximum Gasteiger partial charge on any atom is 0.223 e. The number of halogens is 1. The van der Waals surface area contributed by atoms with Crippen LogP contribution in [-0.4, -0.2) is 42.4 Å². The van der Waals surface area contributed by atoms with Crippen LogP contribution in [0.2, 0.25) is 0 Å². The Morgan fingerprint density at radius 1 is 1.50 bits per heavy atom. The molecule has 20 heavy (non-hydrogen) atoms. The van der Waals surface area contributed by atoms with E-state index in [9.17, 15) is 4.79 Å². The fourth-order valence-corrected chi connectivity index (χ4v) is 2.44. The summed E-state index contributed by atoms with van der Waals surface area (Å²) in [7, 11) is 0. The number of aliphatic imine (C=N–C) groups is 1. The third kappa shape index (κ3) is 5.46. The number of nitrogens with one attached hydrogen (secondary N) is 1. The summed E-state index contributed by atoms with van der Waals surface area (Å²) in [6.07, 6.45) is 4.09. The molecule has 3 N–H and O–H groups in total. The number of hydrogen-bond donors (Lipinski definition) is 2. The Labute approximate surface area is 138 Å². The number of nitrogens with two attached hydrogens (primary N) is 1. The molecule has 1 heterocycles. The van der Waals surface area contributed by atoms with E-state index in [0.717, 1.165) is 19.5 Å². The number of nitrogens with zero attached hydrogens (tertiary/aromatic N) is 2. The van der Waals surface area contributed by atoms with E-state index in [1.807, 2.05) is 4.90 Å². The zero-order valence-electron chi connectivity index (χ0n) is 12.5. The quantitative estimate of drug-likeness (QED) is 0.408. The third-order valence-corrected chi connectivity index (χ3v) is 3.77. The molecule has 0 aromatic carbocycles. The van der Waals surface area contributed by atoms with Crippen LogP contribution in [0.4, 0.5) is 0 Å². The maximum absolute atomic E-state index is 11.8. The molecule has 1 aliphatic heterocycles. The van der Waals surface area contributed by atoms with E-state index in [2.05, 4.69) is 24.2 Å². The van der Waals surface area contributed by atoms with Gasteiger partial charge in [0.15, 0.2) is 5.96 Å². The lowest BCUT2D eigenvalue weighted by Gasteiger charge is -2.14. The highest BCUT2D eigenvalue weighted by molar-refractivity contribution is 14.0. The Bertz CT molecular complexity index is 355. The van der Waals surface area contributed by atoms with Crippen molar-refractivity contribution in [2.45, 2.75) is 45.6 Å². The molecule has 0 bridgehead atoms. The zero-order valence-corrected chi connectivity index (χ0v) is 14.8. The van der Waals surface area contributed by atoms with Crippen molar-refractivity contribution in [3.63, 3.8) is 0 Å². The fraction of sp³-hybridized carbons (Fsp3) is 0.857. The van der Waals surface area contributed by atoms with Crippen molar-refractivity contribution in [3.05, 3.63) is 0 Å². The number of amides is 1. The molecule has 2 fully saturated rings. The average molecular weight is 394 g/mol. The Hall–Kier alpha value is -0.530. The topological polar surface area (TPSA) is 70.7 Å². The van der Waals surface area contributed by atoms with Gasteiger partial charge in [-0.2, -0.15) is 0 Å².